The second-order valence-electron chi connectivity index (χ2n) is 4.58. The third kappa shape index (κ3) is 4.20. The molecule has 0 bridgehead atoms. The molecule has 0 fully saturated rings. The van der Waals surface area contributed by atoms with Gasteiger partial charge in [-0.25, -0.2) is 0 Å². The zero-order valence-electron chi connectivity index (χ0n) is 10.8. The molecule has 1 aromatic carbocycles. The Labute approximate surface area is 131 Å². The Balaban J connectivity index is 2.25. The number of fused-ring (bicyclic) bond motifs is 1. The first-order chi connectivity index (χ1) is 9.78. The molecule has 0 amide bonds. The van der Waals surface area contributed by atoms with Crippen molar-refractivity contribution in [1.82, 2.24) is 9.78 Å². The van der Waals surface area contributed by atoms with Gasteiger partial charge in [-0.1, -0.05) is 11.6 Å². The summed E-state index contributed by atoms with van der Waals surface area (Å²) in [5.41, 5.74) is 0.246. The number of hydrogen-bond donors (Lipinski definition) is 0. The lowest BCUT2D eigenvalue weighted by atomic mass is 10.2. The Morgan fingerprint density at radius 3 is 2.67 bits per heavy atom. The van der Waals surface area contributed by atoms with E-state index in [0.717, 1.165) is 0 Å². The summed E-state index contributed by atoms with van der Waals surface area (Å²) >= 11 is 8.97. The van der Waals surface area contributed by atoms with Crippen LogP contribution in [0.4, 0.5) is 13.2 Å². The molecule has 0 unspecified atom stereocenters. The van der Waals surface area contributed by atoms with Crippen LogP contribution < -0.4 is 5.43 Å². The molecular formula is C13H11BrClF3N2O. The SMILES string of the molecule is O=c1c(Br)nn(CCCCC(F)(F)F)c2cc(Cl)ccc12. The normalized spacial score (nSPS) is 12.0. The minimum absolute atomic E-state index is 0.0109. The lowest BCUT2D eigenvalue weighted by molar-refractivity contribution is -0.135. The van der Waals surface area contributed by atoms with Crippen molar-refractivity contribution in [3.8, 4) is 0 Å². The topological polar surface area (TPSA) is 34.9 Å². The van der Waals surface area contributed by atoms with Crippen molar-refractivity contribution in [2.45, 2.75) is 32.0 Å². The van der Waals surface area contributed by atoms with Gasteiger partial charge in [-0.2, -0.15) is 18.3 Å². The summed E-state index contributed by atoms with van der Waals surface area (Å²) in [7, 11) is 0. The second kappa shape index (κ2) is 6.36. The molecule has 8 heteroatoms. The number of benzene rings is 1. The molecule has 0 aliphatic rings. The van der Waals surface area contributed by atoms with Gasteiger partial charge in [-0.15, -0.1) is 0 Å². The first-order valence-electron chi connectivity index (χ1n) is 6.20. The largest absolute Gasteiger partial charge is 0.389 e. The van der Waals surface area contributed by atoms with Crippen LogP contribution in [0.1, 0.15) is 19.3 Å². The molecule has 0 N–H and O–H groups in total. The van der Waals surface area contributed by atoms with Crippen LogP contribution in [0, 0.1) is 0 Å². The lowest BCUT2D eigenvalue weighted by Gasteiger charge is -2.11. The number of unbranched alkanes of at least 4 members (excludes halogenated alkanes) is 1. The first-order valence-corrected chi connectivity index (χ1v) is 7.38. The fraction of sp³-hybridized carbons (Fsp3) is 0.385. The van der Waals surface area contributed by atoms with Crippen LogP contribution in [0.3, 0.4) is 0 Å². The summed E-state index contributed by atoms with van der Waals surface area (Å²) < 4.78 is 38.0. The van der Waals surface area contributed by atoms with Crippen LogP contribution in [0.25, 0.3) is 10.9 Å². The second-order valence-corrected chi connectivity index (χ2v) is 5.76. The van der Waals surface area contributed by atoms with E-state index in [-0.39, 0.29) is 23.0 Å². The predicted octanol–water partition coefficient (Wildman–Crippen LogP) is 4.55. The summed E-state index contributed by atoms with van der Waals surface area (Å²) in [4.78, 5) is 11.9. The quantitative estimate of drug-likeness (QED) is 0.726. The van der Waals surface area contributed by atoms with Gasteiger partial charge in [-0.3, -0.25) is 9.48 Å². The van der Waals surface area contributed by atoms with Crippen LogP contribution in [0.2, 0.25) is 5.02 Å². The number of alkyl halides is 3. The van der Waals surface area contributed by atoms with Gasteiger partial charge in [0.2, 0.25) is 5.43 Å². The fourth-order valence-corrected chi connectivity index (χ4v) is 2.56. The minimum Gasteiger partial charge on any atom is -0.286 e. The van der Waals surface area contributed by atoms with E-state index in [0.29, 0.717) is 22.3 Å². The van der Waals surface area contributed by atoms with Crippen molar-refractivity contribution in [1.29, 1.82) is 0 Å². The molecule has 0 spiro atoms. The predicted molar refractivity (Wildman–Crippen MR) is 78.6 cm³/mol. The van der Waals surface area contributed by atoms with Crippen molar-refractivity contribution in [3.05, 3.63) is 38.0 Å². The van der Waals surface area contributed by atoms with Gasteiger partial charge in [0.05, 0.1) is 10.9 Å². The van der Waals surface area contributed by atoms with Crippen molar-refractivity contribution >= 4 is 38.4 Å². The lowest BCUT2D eigenvalue weighted by Crippen LogP contribution is -2.15. The van der Waals surface area contributed by atoms with Gasteiger partial charge in [-0.05, 0) is 47.0 Å². The Morgan fingerprint density at radius 2 is 2.00 bits per heavy atom. The van der Waals surface area contributed by atoms with Gasteiger partial charge in [0, 0.05) is 18.0 Å². The van der Waals surface area contributed by atoms with Crippen molar-refractivity contribution < 1.29 is 13.2 Å². The molecule has 2 rings (SSSR count). The molecule has 0 atom stereocenters. The maximum atomic E-state index is 12.1. The number of rotatable bonds is 4. The summed E-state index contributed by atoms with van der Waals surface area (Å²) in [6.07, 6.45) is -4.66. The van der Waals surface area contributed by atoms with E-state index in [9.17, 15) is 18.0 Å². The molecule has 3 nitrogen and oxygen atoms in total. The Hall–Kier alpha value is -1.08. The molecule has 0 aliphatic carbocycles. The third-order valence-corrected chi connectivity index (χ3v) is 3.71. The van der Waals surface area contributed by atoms with E-state index >= 15 is 0 Å². The number of aryl methyl sites for hydroxylation is 1. The minimum atomic E-state index is -4.15. The highest BCUT2D eigenvalue weighted by Crippen LogP contribution is 2.23. The van der Waals surface area contributed by atoms with Gasteiger partial charge >= 0.3 is 6.18 Å². The van der Waals surface area contributed by atoms with E-state index in [1.165, 1.54) is 4.68 Å². The van der Waals surface area contributed by atoms with Gasteiger partial charge < -0.3 is 0 Å². The summed E-state index contributed by atoms with van der Waals surface area (Å²) in [6, 6.07) is 4.76. The number of halogens is 5. The Morgan fingerprint density at radius 1 is 1.29 bits per heavy atom. The number of hydrogen-bond acceptors (Lipinski definition) is 2. The van der Waals surface area contributed by atoms with Crippen LogP contribution in [0.5, 0.6) is 0 Å². The van der Waals surface area contributed by atoms with Crippen LogP contribution in [0.15, 0.2) is 27.6 Å². The van der Waals surface area contributed by atoms with Crippen molar-refractivity contribution in [2.24, 2.45) is 0 Å². The van der Waals surface area contributed by atoms with E-state index in [2.05, 4.69) is 21.0 Å². The van der Waals surface area contributed by atoms with Crippen LogP contribution in [-0.4, -0.2) is 16.0 Å². The van der Waals surface area contributed by atoms with Crippen molar-refractivity contribution in [3.63, 3.8) is 0 Å². The maximum absolute atomic E-state index is 12.1. The van der Waals surface area contributed by atoms with Gasteiger partial charge in [0.15, 0.2) is 4.60 Å². The molecule has 2 aromatic rings. The number of aromatic nitrogens is 2. The van der Waals surface area contributed by atoms with E-state index in [1.807, 2.05) is 0 Å². The van der Waals surface area contributed by atoms with Gasteiger partial charge in [0.25, 0.3) is 0 Å². The molecule has 0 saturated heterocycles. The molecule has 1 aromatic heterocycles. The van der Waals surface area contributed by atoms with Crippen molar-refractivity contribution in [2.75, 3.05) is 0 Å². The summed E-state index contributed by atoms with van der Waals surface area (Å²) in [6.45, 7) is 0.284. The molecule has 0 saturated carbocycles. The fourth-order valence-electron chi connectivity index (χ4n) is 1.98. The molecule has 0 aliphatic heterocycles. The first kappa shape index (κ1) is 16.3. The van der Waals surface area contributed by atoms with Crippen LogP contribution >= 0.6 is 27.5 Å². The van der Waals surface area contributed by atoms with Crippen LogP contribution in [-0.2, 0) is 6.54 Å². The van der Waals surface area contributed by atoms with Gasteiger partial charge in [0.1, 0.15) is 0 Å². The summed E-state index contributed by atoms with van der Waals surface area (Å²) in [5, 5.41) is 4.92. The maximum Gasteiger partial charge on any atom is 0.389 e. The zero-order chi connectivity index (χ0) is 15.6. The Bertz CT molecular complexity index is 715. The number of nitrogens with zero attached hydrogens (tertiary/aromatic N) is 2. The third-order valence-electron chi connectivity index (χ3n) is 2.96. The van der Waals surface area contributed by atoms with E-state index in [1.54, 1.807) is 18.2 Å². The molecular weight excluding hydrogens is 373 g/mol. The zero-order valence-corrected chi connectivity index (χ0v) is 13.1. The molecule has 0 radical (unpaired) electrons. The average Bonchev–Trinajstić information content (AvgIpc) is 2.39. The smallest absolute Gasteiger partial charge is 0.286 e. The highest BCUT2D eigenvalue weighted by molar-refractivity contribution is 9.10. The molecule has 114 valence electrons. The summed E-state index contributed by atoms with van der Waals surface area (Å²) in [5.74, 6) is 0. The van der Waals surface area contributed by atoms with E-state index in [4.69, 9.17) is 11.6 Å². The molecule has 1 heterocycles. The standard InChI is InChI=1S/C13H11BrClF3N2O/c14-12-11(21)9-4-3-8(15)7-10(9)20(19-12)6-2-1-5-13(16,17)18/h3-4,7H,1-2,5-6H2. The highest BCUT2D eigenvalue weighted by Gasteiger charge is 2.25. The average molecular weight is 384 g/mol. The molecule has 21 heavy (non-hydrogen) atoms. The van der Waals surface area contributed by atoms with E-state index < -0.39 is 12.6 Å². The monoisotopic (exact) mass is 382 g/mol. The highest BCUT2D eigenvalue weighted by atomic mass is 79.9. The Kier molecular flexibility index (Phi) is 4.93.